The zero-order valence-corrected chi connectivity index (χ0v) is 10.8. The molecule has 0 aliphatic heterocycles. The second kappa shape index (κ2) is 5.95. The molecular weight excluding hydrogens is 232 g/mol. The van der Waals surface area contributed by atoms with Gasteiger partial charge in [-0.25, -0.2) is 4.98 Å². The molecule has 2 N–H and O–H groups in total. The van der Waals surface area contributed by atoms with Crippen molar-refractivity contribution in [1.29, 1.82) is 0 Å². The van der Waals surface area contributed by atoms with Gasteiger partial charge in [-0.3, -0.25) is 9.89 Å². The van der Waals surface area contributed by atoms with Crippen LogP contribution in [0.25, 0.3) is 0 Å². The van der Waals surface area contributed by atoms with E-state index < -0.39 is 0 Å². The molecule has 0 aromatic carbocycles. The second-order valence-electron chi connectivity index (χ2n) is 4.84. The summed E-state index contributed by atoms with van der Waals surface area (Å²) in [5.41, 5.74) is 0. The summed E-state index contributed by atoms with van der Waals surface area (Å²) in [5.74, 6) is 0.771. The molecule has 1 aromatic rings. The minimum absolute atomic E-state index is 0.0307. The first-order valence-corrected chi connectivity index (χ1v) is 6.40. The highest BCUT2D eigenvalue weighted by Gasteiger charge is 2.28. The quantitative estimate of drug-likeness (QED) is 0.787. The van der Waals surface area contributed by atoms with Gasteiger partial charge in [0.15, 0.2) is 0 Å². The van der Waals surface area contributed by atoms with Gasteiger partial charge in [0, 0.05) is 6.04 Å². The van der Waals surface area contributed by atoms with Crippen LogP contribution < -0.4 is 5.32 Å². The third-order valence-corrected chi connectivity index (χ3v) is 3.54. The third kappa shape index (κ3) is 3.07. The Hall–Kier alpha value is -1.43. The number of nitrogens with zero attached hydrogens (tertiary/aromatic N) is 2. The zero-order valence-electron chi connectivity index (χ0n) is 10.8. The first kappa shape index (κ1) is 13.0. The molecule has 3 unspecified atom stereocenters. The molecule has 1 aliphatic rings. The van der Waals surface area contributed by atoms with Crippen LogP contribution >= 0.6 is 0 Å². The Morgan fingerprint density at radius 2 is 2.44 bits per heavy atom. The molecule has 0 bridgehead atoms. The Morgan fingerprint density at radius 3 is 3.11 bits per heavy atom. The van der Waals surface area contributed by atoms with Gasteiger partial charge in [-0.05, 0) is 26.2 Å². The number of aromatic amines is 1. The fourth-order valence-corrected chi connectivity index (χ4v) is 2.58. The number of aromatic nitrogens is 3. The van der Waals surface area contributed by atoms with E-state index in [9.17, 15) is 4.79 Å². The van der Waals surface area contributed by atoms with Gasteiger partial charge in [0.2, 0.25) is 0 Å². The average Bonchev–Trinajstić information content (AvgIpc) is 2.92. The molecule has 1 heterocycles. The third-order valence-electron chi connectivity index (χ3n) is 3.54. The van der Waals surface area contributed by atoms with E-state index in [0.29, 0.717) is 6.04 Å². The Bertz CT molecular complexity index is 379. The Balaban J connectivity index is 1.88. The number of hydrogen-bond donors (Lipinski definition) is 2. The molecule has 18 heavy (non-hydrogen) atoms. The van der Waals surface area contributed by atoms with Crippen molar-refractivity contribution in [3.05, 3.63) is 12.2 Å². The van der Waals surface area contributed by atoms with E-state index >= 15 is 0 Å². The standard InChI is InChI=1S/C12H20N4O2/c1-8(11-13-7-14-16-11)15-10-5-3-4-9(6-10)12(17)18-2/h7-10,15H,3-6H2,1-2H3,(H,13,14,16). The molecule has 0 saturated heterocycles. The number of ether oxygens (including phenoxy) is 1. The molecule has 0 spiro atoms. The van der Waals surface area contributed by atoms with E-state index in [0.717, 1.165) is 31.5 Å². The molecule has 1 saturated carbocycles. The van der Waals surface area contributed by atoms with Gasteiger partial charge < -0.3 is 10.1 Å². The molecule has 6 nitrogen and oxygen atoms in total. The van der Waals surface area contributed by atoms with Gasteiger partial charge in [-0.2, -0.15) is 5.10 Å². The fraction of sp³-hybridized carbons (Fsp3) is 0.750. The van der Waals surface area contributed by atoms with Gasteiger partial charge in [0.1, 0.15) is 12.2 Å². The van der Waals surface area contributed by atoms with E-state index in [2.05, 4.69) is 20.5 Å². The van der Waals surface area contributed by atoms with Gasteiger partial charge in [0.05, 0.1) is 19.1 Å². The maximum Gasteiger partial charge on any atom is 0.308 e. The van der Waals surface area contributed by atoms with E-state index in [-0.39, 0.29) is 17.9 Å². The van der Waals surface area contributed by atoms with Crippen molar-refractivity contribution in [2.75, 3.05) is 7.11 Å². The average molecular weight is 252 g/mol. The van der Waals surface area contributed by atoms with Crippen molar-refractivity contribution in [1.82, 2.24) is 20.5 Å². The van der Waals surface area contributed by atoms with Crippen molar-refractivity contribution >= 4 is 5.97 Å². The lowest BCUT2D eigenvalue weighted by Gasteiger charge is -2.30. The minimum Gasteiger partial charge on any atom is -0.469 e. The Morgan fingerprint density at radius 1 is 1.61 bits per heavy atom. The highest BCUT2D eigenvalue weighted by molar-refractivity contribution is 5.72. The number of H-pyrrole nitrogens is 1. The topological polar surface area (TPSA) is 79.9 Å². The summed E-state index contributed by atoms with van der Waals surface area (Å²) >= 11 is 0. The largest absolute Gasteiger partial charge is 0.469 e. The van der Waals surface area contributed by atoms with E-state index in [1.807, 2.05) is 6.92 Å². The number of carbonyl (C=O) groups is 1. The normalized spacial score (nSPS) is 25.7. The van der Waals surface area contributed by atoms with Crippen LogP contribution in [-0.4, -0.2) is 34.3 Å². The monoisotopic (exact) mass is 252 g/mol. The van der Waals surface area contributed by atoms with Crippen LogP contribution in [-0.2, 0) is 9.53 Å². The Kier molecular flexibility index (Phi) is 4.30. The highest BCUT2D eigenvalue weighted by Crippen LogP contribution is 2.26. The van der Waals surface area contributed by atoms with Crippen LogP contribution in [0.15, 0.2) is 6.33 Å². The molecule has 100 valence electrons. The molecule has 1 aliphatic carbocycles. The summed E-state index contributed by atoms with van der Waals surface area (Å²) in [5, 5.41) is 10.2. The van der Waals surface area contributed by atoms with Crippen LogP contribution in [0, 0.1) is 5.92 Å². The fourth-order valence-electron chi connectivity index (χ4n) is 2.58. The first-order chi connectivity index (χ1) is 8.70. The molecule has 3 atom stereocenters. The van der Waals surface area contributed by atoms with Crippen molar-refractivity contribution in [3.8, 4) is 0 Å². The summed E-state index contributed by atoms with van der Waals surface area (Å²) in [6.45, 7) is 2.04. The van der Waals surface area contributed by atoms with E-state index in [1.54, 1.807) is 0 Å². The van der Waals surface area contributed by atoms with Crippen LogP contribution in [0.2, 0.25) is 0 Å². The zero-order chi connectivity index (χ0) is 13.0. The van der Waals surface area contributed by atoms with Crippen molar-refractivity contribution in [2.24, 2.45) is 5.92 Å². The summed E-state index contributed by atoms with van der Waals surface area (Å²) in [6, 6.07) is 0.455. The second-order valence-corrected chi connectivity index (χ2v) is 4.84. The van der Waals surface area contributed by atoms with Gasteiger partial charge >= 0.3 is 5.97 Å². The summed E-state index contributed by atoms with van der Waals surface area (Å²) < 4.78 is 4.82. The smallest absolute Gasteiger partial charge is 0.308 e. The predicted molar refractivity (Wildman–Crippen MR) is 65.7 cm³/mol. The molecule has 1 aromatic heterocycles. The van der Waals surface area contributed by atoms with Crippen molar-refractivity contribution in [2.45, 2.75) is 44.7 Å². The molecule has 0 radical (unpaired) electrons. The van der Waals surface area contributed by atoms with Crippen molar-refractivity contribution < 1.29 is 9.53 Å². The number of esters is 1. The number of methoxy groups -OCH3 is 1. The SMILES string of the molecule is COC(=O)C1CCCC(NC(C)c2ncn[nH]2)C1. The number of rotatable bonds is 4. The molecule has 1 fully saturated rings. The molecule has 0 amide bonds. The summed E-state index contributed by atoms with van der Waals surface area (Å²) in [4.78, 5) is 15.7. The molecule has 2 rings (SSSR count). The van der Waals surface area contributed by atoms with Crippen LogP contribution in [0.3, 0.4) is 0 Å². The predicted octanol–water partition coefficient (Wildman–Crippen LogP) is 1.19. The molecule has 6 heteroatoms. The van der Waals surface area contributed by atoms with Crippen LogP contribution in [0.1, 0.15) is 44.5 Å². The maximum absolute atomic E-state index is 11.5. The van der Waals surface area contributed by atoms with E-state index in [1.165, 1.54) is 13.4 Å². The van der Waals surface area contributed by atoms with E-state index in [4.69, 9.17) is 4.74 Å². The maximum atomic E-state index is 11.5. The van der Waals surface area contributed by atoms with Gasteiger partial charge in [0.25, 0.3) is 0 Å². The van der Waals surface area contributed by atoms with Gasteiger partial charge in [-0.1, -0.05) is 6.42 Å². The first-order valence-electron chi connectivity index (χ1n) is 6.40. The highest BCUT2D eigenvalue weighted by atomic mass is 16.5. The van der Waals surface area contributed by atoms with Crippen LogP contribution in [0.5, 0.6) is 0 Å². The van der Waals surface area contributed by atoms with Crippen LogP contribution in [0.4, 0.5) is 0 Å². The Labute approximate surface area is 107 Å². The summed E-state index contributed by atoms with van der Waals surface area (Å²) in [6.07, 6.45) is 5.42. The summed E-state index contributed by atoms with van der Waals surface area (Å²) in [7, 11) is 1.45. The van der Waals surface area contributed by atoms with Gasteiger partial charge in [-0.15, -0.1) is 0 Å². The lowest BCUT2D eigenvalue weighted by atomic mass is 9.85. The lowest BCUT2D eigenvalue weighted by molar-refractivity contribution is -0.146. The van der Waals surface area contributed by atoms with Crippen molar-refractivity contribution in [3.63, 3.8) is 0 Å². The minimum atomic E-state index is -0.0891. The molecular formula is C12H20N4O2. The number of carbonyl (C=O) groups excluding carboxylic acids is 1. The number of hydrogen-bond acceptors (Lipinski definition) is 5. The number of nitrogens with one attached hydrogen (secondary N) is 2. The lowest BCUT2D eigenvalue weighted by Crippen LogP contribution is -2.38.